The van der Waals surface area contributed by atoms with Gasteiger partial charge in [0, 0.05) is 25.2 Å². The number of para-hydroxylation sites is 3. The number of fused-ring (bicyclic) bond motifs is 1. The van der Waals surface area contributed by atoms with Crippen molar-refractivity contribution in [2.24, 2.45) is 0 Å². The molecule has 3 rings (SSSR count). The zero-order valence-corrected chi connectivity index (χ0v) is 12.7. The molecule has 0 aliphatic carbocycles. The van der Waals surface area contributed by atoms with Crippen LogP contribution in [0.15, 0.2) is 48.5 Å². The van der Waals surface area contributed by atoms with Crippen molar-refractivity contribution < 1.29 is 13.5 Å². The zero-order valence-electron chi connectivity index (χ0n) is 11.8. The van der Waals surface area contributed by atoms with Crippen LogP contribution >= 0.6 is 12.4 Å². The molecule has 0 radical (unpaired) electrons. The fourth-order valence-corrected chi connectivity index (χ4v) is 2.56. The molecule has 2 aromatic carbocycles. The Labute approximate surface area is 134 Å². The van der Waals surface area contributed by atoms with Crippen molar-refractivity contribution in [1.29, 1.82) is 0 Å². The third kappa shape index (κ3) is 3.60. The Kier molecular flexibility index (Phi) is 5.44. The fraction of sp³-hybridized carbons (Fsp3) is 0.250. The standard InChI is InChI=1S/C16H16F2N2O.ClH/c17-16(18)21-15-8-4-1-5-12(15)11-20-10-9-19-13-6-2-3-7-14(13)20;/h1-8,16,19H,9-11H2;1H. The number of anilines is 2. The van der Waals surface area contributed by atoms with Crippen molar-refractivity contribution in [3.8, 4) is 5.75 Å². The van der Waals surface area contributed by atoms with E-state index in [2.05, 4.69) is 15.0 Å². The van der Waals surface area contributed by atoms with Crippen LogP contribution in [0.25, 0.3) is 0 Å². The molecule has 1 N–H and O–H groups in total. The van der Waals surface area contributed by atoms with Crippen LogP contribution in [0.2, 0.25) is 0 Å². The molecule has 1 heterocycles. The van der Waals surface area contributed by atoms with Crippen LogP contribution in [0.4, 0.5) is 20.2 Å². The lowest BCUT2D eigenvalue weighted by Crippen LogP contribution is -2.33. The lowest BCUT2D eigenvalue weighted by molar-refractivity contribution is -0.0504. The fourth-order valence-electron chi connectivity index (χ4n) is 2.56. The molecule has 0 aromatic heterocycles. The molecule has 0 unspecified atom stereocenters. The van der Waals surface area contributed by atoms with E-state index in [0.717, 1.165) is 30.0 Å². The zero-order chi connectivity index (χ0) is 14.7. The third-order valence-electron chi connectivity index (χ3n) is 3.49. The number of hydrogen-bond donors (Lipinski definition) is 1. The molecule has 3 nitrogen and oxygen atoms in total. The monoisotopic (exact) mass is 326 g/mol. The van der Waals surface area contributed by atoms with E-state index in [-0.39, 0.29) is 18.2 Å². The van der Waals surface area contributed by atoms with Crippen molar-refractivity contribution in [3.05, 3.63) is 54.1 Å². The summed E-state index contributed by atoms with van der Waals surface area (Å²) in [5.74, 6) is 0.239. The Morgan fingerprint density at radius 2 is 1.82 bits per heavy atom. The van der Waals surface area contributed by atoms with E-state index >= 15 is 0 Å². The van der Waals surface area contributed by atoms with E-state index in [4.69, 9.17) is 0 Å². The second kappa shape index (κ2) is 7.31. The van der Waals surface area contributed by atoms with Crippen LogP contribution < -0.4 is 15.0 Å². The predicted molar refractivity (Wildman–Crippen MR) is 86.3 cm³/mol. The average molecular weight is 327 g/mol. The van der Waals surface area contributed by atoms with Gasteiger partial charge in [-0.25, -0.2) is 0 Å². The van der Waals surface area contributed by atoms with Crippen LogP contribution in [0, 0.1) is 0 Å². The molecule has 0 bridgehead atoms. The number of benzene rings is 2. The van der Waals surface area contributed by atoms with Gasteiger partial charge in [-0.05, 0) is 18.2 Å². The van der Waals surface area contributed by atoms with E-state index in [9.17, 15) is 8.78 Å². The van der Waals surface area contributed by atoms with Crippen LogP contribution in [0.3, 0.4) is 0 Å². The summed E-state index contributed by atoms with van der Waals surface area (Å²) in [4.78, 5) is 2.17. The highest BCUT2D eigenvalue weighted by Gasteiger charge is 2.18. The topological polar surface area (TPSA) is 24.5 Å². The summed E-state index contributed by atoms with van der Waals surface area (Å²) in [6, 6.07) is 14.9. The SMILES string of the molecule is Cl.FC(F)Oc1ccccc1CN1CCNc2ccccc21. The van der Waals surface area contributed by atoms with Crippen LogP contribution in [0.1, 0.15) is 5.56 Å². The molecule has 0 atom stereocenters. The second-order valence-electron chi connectivity index (χ2n) is 4.85. The molecule has 0 spiro atoms. The first kappa shape index (κ1) is 16.4. The summed E-state index contributed by atoms with van der Waals surface area (Å²) in [6.07, 6.45) is 0. The molecule has 0 amide bonds. The van der Waals surface area contributed by atoms with Gasteiger partial charge in [0.1, 0.15) is 5.75 Å². The largest absolute Gasteiger partial charge is 0.434 e. The van der Waals surface area contributed by atoms with Crippen LogP contribution in [-0.4, -0.2) is 19.7 Å². The van der Waals surface area contributed by atoms with Crippen molar-refractivity contribution in [2.45, 2.75) is 13.2 Å². The number of hydrogen-bond acceptors (Lipinski definition) is 3. The van der Waals surface area contributed by atoms with Crippen molar-refractivity contribution >= 4 is 23.8 Å². The van der Waals surface area contributed by atoms with Crippen molar-refractivity contribution in [1.82, 2.24) is 0 Å². The first-order valence-electron chi connectivity index (χ1n) is 6.84. The maximum absolute atomic E-state index is 12.5. The van der Waals surface area contributed by atoms with Gasteiger partial charge in [0.25, 0.3) is 0 Å². The molecule has 22 heavy (non-hydrogen) atoms. The summed E-state index contributed by atoms with van der Waals surface area (Å²) >= 11 is 0. The quantitative estimate of drug-likeness (QED) is 0.913. The molecule has 0 fully saturated rings. The minimum absolute atomic E-state index is 0. The highest BCUT2D eigenvalue weighted by molar-refractivity contribution is 5.85. The van der Waals surface area contributed by atoms with Crippen LogP contribution in [-0.2, 0) is 6.54 Å². The summed E-state index contributed by atoms with van der Waals surface area (Å²) in [5.41, 5.74) is 2.90. The first-order chi connectivity index (χ1) is 10.2. The number of rotatable bonds is 4. The summed E-state index contributed by atoms with van der Waals surface area (Å²) in [6.45, 7) is -0.613. The maximum atomic E-state index is 12.5. The Morgan fingerprint density at radius 3 is 2.64 bits per heavy atom. The minimum atomic E-state index is -2.80. The van der Waals surface area contributed by atoms with E-state index in [1.807, 2.05) is 36.4 Å². The van der Waals surface area contributed by atoms with E-state index < -0.39 is 6.61 Å². The summed E-state index contributed by atoms with van der Waals surface area (Å²) in [7, 11) is 0. The second-order valence-corrected chi connectivity index (χ2v) is 4.85. The van der Waals surface area contributed by atoms with Gasteiger partial charge >= 0.3 is 6.61 Å². The number of alkyl halides is 2. The molecular weight excluding hydrogens is 310 g/mol. The lowest BCUT2D eigenvalue weighted by atomic mass is 10.1. The molecule has 1 aliphatic rings. The van der Waals surface area contributed by atoms with Gasteiger partial charge in [-0.2, -0.15) is 8.78 Å². The highest BCUT2D eigenvalue weighted by Crippen LogP contribution is 2.31. The van der Waals surface area contributed by atoms with Gasteiger partial charge < -0.3 is 15.0 Å². The third-order valence-corrected chi connectivity index (χ3v) is 3.49. The Bertz CT molecular complexity index is 625. The number of halogens is 3. The maximum Gasteiger partial charge on any atom is 0.387 e. The van der Waals surface area contributed by atoms with Gasteiger partial charge in [0.05, 0.1) is 11.4 Å². The lowest BCUT2D eigenvalue weighted by Gasteiger charge is -2.32. The van der Waals surface area contributed by atoms with Gasteiger partial charge in [-0.15, -0.1) is 12.4 Å². The Hall–Kier alpha value is -2.01. The Balaban J connectivity index is 0.00000176. The molecule has 6 heteroatoms. The average Bonchev–Trinajstić information content (AvgIpc) is 2.49. The number of nitrogens with zero attached hydrogens (tertiary/aromatic N) is 1. The normalized spacial score (nSPS) is 13.1. The molecular formula is C16H17ClF2N2O. The smallest absolute Gasteiger partial charge is 0.387 e. The first-order valence-corrected chi connectivity index (χ1v) is 6.84. The van der Waals surface area contributed by atoms with Crippen molar-refractivity contribution in [3.63, 3.8) is 0 Å². The Morgan fingerprint density at radius 1 is 1.09 bits per heavy atom. The van der Waals surface area contributed by atoms with E-state index in [1.165, 1.54) is 0 Å². The minimum Gasteiger partial charge on any atom is -0.434 e. The molecule has 1 aliphatic heterocycles. The van der Waals surface area contributed by atoms with E-state index in [0.29, 0.717) is 6.54 Å². The number of ether oxygens (including phenoxy) is 1. The van der Waals surface area contributed by atoms with Gasteiger partial charge in [0.2, 0.25) is 0 Å². The molecule has 0 saturated heterocycles. The summed E-state index contributed by atoms with van der Waals surface area (Å²) < 4.78 is 29.5. The highest BCUT2D eigenvalue weighted by atomic mass is 35.5. The van der Waals surface area contributed by atoms with E-state index in [1.54, 1.807) is 12.1 Å². The van der Waals surface area contributed by atoms with Gasteiger partial charge in [-0.1, -0.05) is 30.3 Å². The number of nitrogens with one attached hydrogen (secondary N) is 1. The van der Waals surface area contributed by atoms with Gasteiger partial charge in [0.15, 0.2) is 0 Å². The van der Waals surface area contributed by atoms with Gasteiger partial charge in [-0.3, -0.25) is 0 Å². The van der Waals surface area contributed by atoms with Crippen molar-refractivity contribution in [2.75, 3.05) is 23.3 Å². The molecule has 118 valence electrons. The van der Waals surface area contributed by atoms with Crippen LogP contribution in [0.5, 0.6) is 5.75 Å². The molecule has 2 aromatic rings. The predicted octanol–water partition coefficient (Wildman–Crippen LogP) is 4.14. The molecule has 0 saturated carbocycles. The summed E-state index contributed by atoms with van der Waals surface area (Å²) in [5, 5.41) is 3.33.